The van der Waals surface area contributed by atoms with E-state index < -0.39 is 0 Å². The molecule has 1 aromatic rings. The first-order chi connectivity index (χ1) is 8.78. The molecule has 0 aliphatic carbocycles. The summed E-state index contributed by atoms with van der Waals surface area (Å²) >= 11 is 0. The van der Waals surface area contributed by atoms with Crippen molar-refractivity contribution in [3.63, 3.8) is 0 Å². The average molecular weight is 246 g/mol. The molecule has 0 saturated carbocycles. The van der Waals surface area contributed by atoms with E-state index in [4.69, 9.17) is 5.73 Å². The van der Waals surface area contributed by atoms with Gasteiger partial charge in [0.15, 0.2) is 0 Å². The van der Waals surface area contributed by atoms with E-state index in [0.717, 1.165) is 19.0 Å². The van der Waals surface area contributed by atoms with Gasteiger partial charge in [-0.2, -0.15) is 0 Å². The largest absolute Gasteiger partial charge is 0.329 e. The van der Waals surface area contributed by atoms with Gasteiger partial charge in [-0.3, -0.25) is 0 Å². The Kier molecular flexibility index (Phi) is 5.21. The first-order valence-corrected chi connectivity index (χ1v) is 7.26. The summed E-state index contributed by atoms with van der Waals surface area (Å²) in [7, 11) is 0. The summed E-state index contributed by atoms with van der Waals surface area (Å²) in [6.45, 7) is 6.52. The van der Waals surface area contributed by atoms with Crippen molar-refractivity contribution in [3.8, 4) is 0 Å². The monoisotopic (exact) mass is 246 g/mol. The molecule has 1 aliphatic rings. The fraction of sp³-hybridized carbons (Fsp3) is 0.625. The predicted octanol–water partition coefficient (Wildman–Crippen LogP) is 2.60. The van der Waals surface area contributed by atoms with E-state index in [9.17, 15) is 0 Å². The Balaban J connectivity index is 1.70. The molecule has 1 aliphatic heterocycles. The Labute approximate surface area is 111 Å². The highest BCUT2D eigenvalue weighted by Crippen LogP contribution is 2.22. The van der Waals surface area contributed by atoms with Crippen molar-refractivity contribution >= 4 is 0 Å². The summed E-state index contributed by atoms with van der Waals surface area (Å²) in [5, 5.41) is 0. The number of benzene rings is 1. The van der Waals surface area contributed by atoms with E-state index in [0.29, 0.717) is 0 Å². The third-order valence-corrected chi connectivity index (χ3v) is 4.11. The first kappa shape index (κ1) is 13.6. The number of nitrogens with zero attached hydrogens (tertiary/aromatic N) is 1. The molecule has 2 heteroatoms. The SMILES string of the molecule is Cc1ccc(CCC2CCN(CCN)CC2)cc1. The van der Waals surface area contributed by atoms with Crippen LogP contribution in [0.3, 0.4) is 0 Å². The second kappa shape index (κ2) is 6.91. The van der Waals surface area contributed by atoms with Crippen LogP contribution in [0.5, 0.6) is 0 Å². The molecule has 2 nitrogen and oxygen atoms in total. The van der Waals surface area contributed by atoms with Crippen molar-refractivity contribution in [2.24, 2.45) is 11.7 Å². The van der Waals surface area contributed by atoms with E-state index in [1.165, 1.54) is 49.9 Å². The smallest absolute Gasteiger partial charge is 0.0105 e. The zero-order valence-electron chi connectivity index (χ0n) is 11.6. The van der Waals surface area contributed by atoms with Crippen LogP contribution in [0.1, 0.15) is 30.4 Å². The standard InChI is InChI=1S/C16H26N2/c1-14-2-4-15(5-3-14)6-7-16-8-11-18(12-9-16)13-10-17/h2-5,16H,6-13,17H2,1H3. The molecule has 1 aromatic carbocycles. The minimum atomic E-state index is 0.800. The maximum atomic E-state index is 5.60. The lowest BCUT2D eigenvalue weighted by Gasteiger charge is -2.31. The Hall–Kier alpha value is -0.860. The van der Waals surface area contributed by atoms with E-state index in [-0.39, 0.29) is 0 Å². The van der Waals surface area contributed by atoms with E-state index in [1.807, 2.05) is 0 Å². The second-order valence-corrected chi connectivity index (χ2v) is 5.60. The van der Waals surface area contributed by atoms with Gasteiger partial charge in [0.25, 0.3) is 0 Å². The molecule has 0 bridgehead atoms. The van der Waals surface area contributed by atoms with Crippen molar-refractivity contribution in [2.75, 3.05) is 26.2 Å². The Morgan fingerprint density at radius 3 is 2.44 bits per heavy atom. The van der Waals surface area contributed by atoms with Crippen molar-refractivity contribution in [1.29, 1.82) is 0 Å². The molecule has 100 valence electrons. The molecule has 1 heterocycles. The molecule has 18 heavy (non-hydrogen) atoms. The van der Waals surface area contributed by atoms with Crippen molar-refractivity contribution in [1.82, 2.24) is 4.90 Å². The van der Waals surface area contributed by atoms with E-state index in [2.05, 4.69) is 36.1 Å². The van der Waals surface area contributed by atoms with Crippen LogP contribution >= 0.6 is 0 Å². The molecule has 0 atom stereocenters. The number of hydrogen-bond acceptors (Lipinski definition) is 2. The summed E-state index contributed by atoms with van der Waals surface area (Å²) in [5.41, 5.74) is 8.45. The van der Waals surface area contributed by atoms with Crippen LogP contribution in [-0.2, 0) is 6.42 Å². The number of piperidine rings is 1. The number of aryl methyl sites for hydroxylation is 2. The minimum Gasteiger partial charge on any atom is -0.329 e. The maximum absolute atomic E-state index is 5.60. The lowest BCUT2D eigenvalue weighted by molar-refractivity contribution is 0.183. The van der Waals surface area contributed by atoms with Gasteiger partial charge in [-0.25, -0.2) is 0 Å². The van der Waals surface area contributed by atoms with Gasteiger partial charge in [0.2, 0.25) is 0 Å². The lowest BCUT2D eigenvalue weighted by atomic mass is 9.90. The predicted molar refractivity (Wildman–Crippen MR) is 77.7 cm³/mol. The molecular weight excluding hydrogens is 220 g/mol. The summed E-state index contributed by atoms with van der Waals surface area (Å²) in [4.78, 5) is 2.50. The first-order valence-electron chi connectivity index (χ1n) is 7.26. The van der Waals surface area contributed by atoms with Crippen LogP contribution in [0.15, 0.2) is 24.3 Å². The normalized spacial score (nSPS) is 18.1. The van der Waals surface area contributed by atoms with E-state index >= 15 is 0 Å². The molecule has 0 unspecified atom stereocenters. The Bertz CT molecular complexity index is 337. The Morgan fingerprint density at radius 2 is 1.83 bits per heavy atom. The van der Waals surface area contributed by atoms with Crippen LogP contribution in [0.2, 0.25) is 0 Å². The third kappa shape index (κ3) is 4.11. The van der Waals surface area contributed by atoms with Crippen LogP contribution < -0.4 is 5.73 Å². The quantitative estimate of drug-likeness (QED) is 0.865. The molecule has 2 N–H and O–H groups in total. The highest BCUT2D eigenvalue weighted by atomic mass is 15.1. The third-order valence-electron chi connectivity index (χ3n) is 4.11. The molecule has 0 aromatic heterocycles. The van der Waals surface area contributed by atoms with Crippen LogP contribution in [0.4, 0.5) is 0 Å². The summed E-state index contributed by atoms with van der Waals surface area (Å²) in [6.07, 6.45) is 5.29. The molecule has 0 amide bonds. The summed E-state index contributed by atoms with van der Waals surface area (Å²) in [6, 6.07) is 9.00. The fourth-order valence-corrected chi connectivity index (χ4v) is 2.81. The number of likely N-dealkylation sites (tertiary alicyclic amines) is 1. The molecule has 2 rings (SSSR count). The molecule has 0 radical (unpaired) electrons. The number of rotatable bonds is 5. The van der Waals surface area contributed by atoms with Gasteiger partial charge in [-0.05, 0) is 57.2 Å². The van der Waals surface area contributed by atoms with Gasteiger partial charge in [0.05, 0.1) is 0 Å². The highest BCUT2D eigenvalue weighted by molar-refractivity contribution is 5.21. The fourth-order valence-electron chi connectivity index (χ4n) is 2.81. The van der Waals surface area contributed by atoms with Crippen molar-refractivity contribution in [2.45, 2.75) is 32.6 Å². The van der Waals surface area contributed by atoms with Crippen LogP contribution in [0.25, 0.3) is 0 Å². The van der Waals surface area contributed by atoms with Gasteiger partial charge >= 0.3 is 0 Å². The number of hydrogen-bond donors (Lipinski definition) is 1. The average Bonchev–Trinajstić information content (AvgIpc) is 2.40. The Morgan fingerprint density at radius 1 is 1.17 bits per heavy atom. The summed E-state index contributed by atoms with van der Waals surface area (Å²) in [5.74, 6) is 0.917. The van der Waals surface area contributed by atoms with Gasteiger partial charge in [0, 0.05) is 13.1 Å². The van der Waals surface area contributed by atoms with E-state index in [1.54, 1.807) is 0 Å². The maximum Gasteiger partial charge on any atom is 0.0105 e. The zero-order valence-corrected chi connectivity index (χ0v) is 11.6. The lowest BCUT2D eigenvalue weighted by Crippen LogP contribution is -2.37. The minimum absolute atomic E-state index is 0.800. The zero-order chi connectivity index (χ0) is 12.8. The van der Waals surface area contributed by atoms with Crippen LogP contribution in [0, 0.1) is 12.8 Å². The molecule has 1 saturated heterocycles. The molecular formula is C16H26N2. The van der Waals surface area contributed by atoms with Gasteiger partial charge in [-0.1, -0.05) is 29.8 Å². The van der Waals surface area contributed by atoms with Gasteiger partial charge < -0.3 is 10.6 Å². The second-order valence-electron chi connectivity index (χ2n) is 5.60. The van der Waals surface area contributed by atoms with Crippen molar-refractivity contribution < 1.29 is 0 Å². The number of nitrogens with two attached hydrogens (primary N) is 1. The van der Waals surface area contributed by atoms with Gasteiger partial charge in [-0.15, -0.1) is 0 Å². The molecule has 0 spiro atoms. The topological polar surface area (TPSA) is 29.3 Å². The molecule has 1 fully saturated rings. The highest BCUT2D eigenvalue weighted by Gasteiger charge is 2.18. The summed E-state index contributed by atoms with van der Waals surface area (Å²) < 4.78 is 0. The van der Waals surface area contributed by atoms with Crippen LogP contribution in [-0.4, -0.2) is 31.1 Å². The van der Waals surface area contributed by atoms with Gasteiger partial charge in [0.1, 0.15) is 0 Å². The van der Waals surface area contributed by atoms with Crippen molar-refractivity contribution in [3.05, 3.63) is 35.4 Å².